The Balaban J connectivity index is 1.98. The van der Waals surface area contributed by atoms with E-state index in [1.165, 1.54) is 19.1 Å². The number of carbonyl (C=O) groups is 1. The van der Waals surface area contributed by atoms with Crippen molar-refractivity contribution in [3.8, 4) is 33.6 Å². The number of hydrogen-bond acceptors (Lipinski definition) is 1. The highest BCUT2D eigenvalue weighted by molar-refractivity contribution is 5.96. The minimum atomic E-state index is -4.41. The zero-order valence-electron chi connectivity index (χ0n) is 16.1. The average molecular weight is 405 g/mol. The van der Waals surface area contributed by atoms with Gasteiger partial charge in [0.25, 0.3) is 0 Å². The summed E-state index contributed by atoms with van der Waals surface area (Å²) in [6.45, 7) is 1.45. The molecule has 0 radical (unpaired) electrons. The fraction of sp³-hybridized carbons (Fsp3) is 0.0800. The van der Waals surface area contributed by atoms with Crippen molar-refractivity contribution in [2.45, 2.75) is 13.1 Å². The summed E-state index contributed by atoms with van der Waals surface area (Å²) in [5, 5.41) is 0. The molecule has 0 spiro atoms. The summed E-state index contributed by atoms with van der Waals surface area (Å²) in [6, 6.07) is 25.9. The average Bonchev–Trinajstić information content (AvgIpc) is 3.15. The standard InChI is InChI=1S/C25H18F3NO/c1-17(30)29-23(19-12-14-21(15-13-19)25(26,27)28)16-22(18-8-4-2-5-9-18)24(29)20-10-6-3-7-11-20/h2-16H,1H3. The molecule has 3 aromatic carbocycles. The smallest absolute Gasteiger partial charge is 0.279 e. The van der Waals surface area contributed by atoms with E-state index in [0.717, 1.165) is 28.8 Å². The number of benzene rings is 3. The zero-order valence-corrected chi connectivity index (χ0v) is 16.1. The molecule has 0 bridgehead atoms. The molecule has 0 unspecified atom stereocenters. The van der Waals surface area contributed by atoms with E-state index in [4.69, 9.17) is 0 Å². The van der Waals surface area contributed by atoms with Gasteiger partial charge >= 0.3 is 6.18 Å². The zero-order chi connectivity index (χ0) is 21.3. The van der Waals surface area contributed by atoms with Crippen molar-refractivity contribution in [1.82, 2.24) is 4.57 Å². The minimum Gasteiger partial charge on any atom is -0.279 e. The van der Waals surface area contributed by atoms with E-state index in [-0.39, 0.29) is 5.91 Å². The third kappa shape index (κ3) is 3.66. The predicted octanol–water partition coefficient (Wildman–Crippen LogP) is 7.17. The third-order valence-electron chi connectivity index (χ3n) is 4.96. The van der Waals surface area contributed by atoms with Crippen LogP contribution < -0.4 is 0 Å². The second-order valence-corrected chi connectivity index (χ2v) is 6.95. The number of halogens is 3. The van der Waals surface area contributed by atoms with E-state index < -0.39 is 11.7 Å². The van der Waals surface area contributed by atoms with Gasteiger partial charge in [0.05, 0.1) is 17.0 Å². The van der Waals surface area contributed by atoms with E-state index >= 15 is 0 Å². The summed E-state index contributed by atoms with van der Waals surface area (Å²) >= 11 is 0. The summed E-state index contributed by atoms with van der Waals surface area (Å²) in [5.74, 6) is -0.217. The summed E-state index contributed by atoms with van der Waals surface area (Å²) in [6.07, 6.45) is -4.41. The predicted molar refractivity (Wildman–Crippen MR) is 112 cm³/mol. The Kier molecular flexibility index (Phi) is 5.04. The molecule has 0 N–H and O–H groups in total. The molecule has 150 valence electrons. The summed E-state index contributed by atoms with van der Waals surface area (Å²) in [4.78, 5) is 12.7. The van der Waals surface area contributed by atoms with E-state index in [2.05, 4.69) is 0 Å². The molecule has 0 fully saturated rings. The van der Waals surface area contributed by atoms with Crippen LogP contribution in [0.2, 0.25) is 0 Å². The van der Waals surface area contributed by atoms with Crippen molar-refractivity contribution in [3.63, 3.8) is 0 Å². The van der Waals surface area contributed by atoms with Crippen LogP contribution in [0.5, 0.6) is 0 Å². The van der Waals surface area contributed by atoms with Gasteiger partial charge in [0.15, 0.2) is 0 Å². The second kappa shape index (κ2) is 7.67. The Morgan fingerprint density at radius 2 is 1.27 bits per heavy atom. The molecule has 0 aliphatic heterocycles. The van der Waals surface area contributed by atoms with Crippen LogP contribution in [0, 0.1) is 0 Å². The van der Waals surface area contributed by atoms with E-state index in [0.29, 0.717) is 17.0 Å². The molecule has 0 saturated heterocycles. The van der Waals surface area contributed by atoms with Gasteiger partial charge in [-0.2, -0.15) is 13.2 Å². The van der Waals surface area contributed by atoms with E-state index in [9.17, 15) is 18.0 Å². The monoisotopic (exact) mass is 405 g/mol. The second-order valence-electron chi connectivity index (χ2n) is 6.95. The first-order valence-electron chi connectivity index (χ1n) is 9.41. The number of carbonyl (C=O) groups excluding carboxylic acids is 1. The van der Waals surface area contributed by atoms with Crippen molar-refractivity contribution in [3.05, 3.63) is 96.6 Å². The summed E-state index contributed by atoms with van der Waals surface area (Å²) in [7, 11) is 0. The Morgan fingerprint density at radius 1 is 0.733 bits per heavy atom. The van der Waals surface area contributed by atoms with Crippen molar-refractivity contribution in [2.75, 3.05) is 0 Å². The molecule has 1 heterocycles. The molecule has 0 aliphatic rings. The van der Waals surface area contributed by atoms with Gasteiger partial charge < -0.3 is 0 Å². The Morgan fingerprint density at radius 3 is 1.77 bits per heavy atom. The van der Waals surface area contributed by atoms with Crippen LogP contribution in [0.25, 0.3) is 33.6 Å². The van der Waals surface area contributed by atoms with Crippen molar-refractivity contribution in [2.24, 2.45) is 0 Å². The van der Waals surface area contributed by atoms with Crippen molar-refractivity contribution >= 4 is 5.91 Å². The Bertz CT molecular complexity index is 1180. The molecule has 0 aliphatic carbocycles. The van der Waals surface area contributed by atoms with Crippen LogP contribution >= 0.6 is 0 Å². The van der Waals surface area contributed by atoms with E-state index in [1.807, 2.05) is 66.7 Å². The van der Waals surface area contributed by atoms with Gasteiger partial charge in [0, 0.05) is 12.5 Å². The van der Waals surface area contributed by atoms with Gasteiger partial charge in [-0.15, -0.1) is 0 Å². The maximum atomic E-state index is 13.0. The largest absolute Gasteiger partial charge is 0.416 e. The topological polar surface area (TPSA) is 22.0 Å². The lowest BCUT2D eigenvalue weighted by atomic mass is 10.0. The van der Waals surface area contributed by atoms with Crippen molar-refractivity contribution < 1.29 is 18.0 Å². The Labute approximate surface area is 172 Å². The lowest BCUT2D eigenvalue weighted by Gasteiger charge is -2.13. The van der Waals surface area contributed by atoms with Gasteiger partial charge in [0.2, 0.25) is 5.91 Å². The van der Waals surface area contributed by atoms with Crippen molar-refractivity contribution in [1.29, 1.82) is 0 Å². The molecule has 1 aromatic heterocycles. The molecule has 0 amide bonds. The van der Waals surface area contributed by atoms with Gasteiger partial charge in [-0.3, -0.25) is 9.36 Å². The lowest BCUT2D eigenvalue weighted by Crippen LogP contribution is -2.09. The highest BCUT2D eigenvalue weighted by Gasteiger charge is 2.30. The number of alkyl halides is 3. The fourth-order valence-corrected chi connectivity index (χ4v) is 3.60. The lowest BCUT2D eigenvalue weighted by molar-refractivity contribution is -0.137. The van der Waals surface area contributed by atoms with Crippen LogP contribution in [0.15, 0.2) is 91.0 Å². The maximum Gasteiger partial charge on any atom is 0.416 e. The molecular formula is C25H18F3NO. The molecular weight excluding hydrogens is 387 g/mol. The minimum absolute atomic E-state index is 0.217. The molecule has 4 rings (SSSR count). The highest BCUT2D eigenvalue weighted by Crippen LogP contribution is 2.39. The first kappa shape index (κ1) is 19.7. The molecule has 5 heteroatoms. The highest BCUT2D eigenvalue weighted by atomic mass is 19.4. The quantitative estimate of drug-likeness (QED) is 0.354. The summed E-state index contributed by atoms with van der Waals surface area (Å²) < 4.78 is 40.5. The molecule has 30 heavy (non-hydrogen) atoms. The number of nitrogens with zero attached hydrogens (tertiary/aromatic N) is 1. The number of hydrogen-bond donors (Lipinski definition) is 0. The molecule has 4 aromatic rings. The van der Waals surface area contributed by atoms with Crippen LogP contribution in [0.1, 0.15) is 17.3 Å². The first-order valence-corrected chi connectivity index (χ1v) is 9.41. The van der Waals surface area contributed by atoms with Gasteiger partial charge in [-0.05, 0) is 34.9 Å². The third-order valence-corrected chi connectivity index (χ3v) is 4.96. The van der Waals surface area contributed by atoms with E-state index in [1.54, 1.807) is 4.57 Å². The number of rotatable bonds is 3. The van der Waals surface area contributed by atoms with Crippen LogP contribution in [-0.2, 0) is 6.18 Å². The van der Waals surface area contributed by atoms with Gasteiger partial charge in [-0.25, -0.2) is 0 Å². The van der Waals surface area contributed by atoms with Crippen LogP contribution in [0.3, 0.4) is 0 Å². The van der Waals surface area contributed by atoms with Crippen LogP contribution in [0.4, 0.5) is 13.2 Å². The normalized spacial score (nSPS) is 11.5. The van der Waals surface area contributed by atoms with Gasteiger partial charge in [0.1, 0.15) is 0 Å². The summed E-state index contributed by atoms with van der Waals surface area (Å²) in [5.41, 5.74) is 3.69. The fourth-order valence-electron chi connectivity index (χ4n) is 3.60. The van der Waals surface area contributed by atoms with Gasteiger partial charge in [-0.1, -0.05) is 72.8 Å². The number of aromatic nitrogens is 1. The molecule has 0 saturated carbocycles. The maximum absolute atomic E-state index is 13.0. The molecule has 0 atom stereocenters. The first-order chi connectivity index (χ1) is 14.4. The Hall–Kier alpha value is -3.60. The van der Waals surface area contributed by atoms with Crippen LogP contribution in [-0.4, -0.2) is 10.5 Å². The SMILES string of the molecule is CC(=O)n1c(-c2ccc(C(F)(F)F)cc2)cc(-c2ccccc2)c1-c1ccccc1. The molecule has 2 nitrogen and oxygen atoms in total.